The lowest BCUT2D eigenvalue weighted by atomic mass is 10.1. The largest absolute Gasteiger partial charge is 0.513 e. The summed E-state index contributed by atoms with van der Waals surface area (Å²) in [6.07, 6.45) is -0.765. The fraction of sp³-hybridized carbons (Fsp3) is 0.263. The van der Waals surface area contributed by atoms with Crippen LogP contribution in [0.15, 0.2) is 48.5 Å². The van der Waals surface area contributed by atoms with E-state index in [9.17, 15) is 9.59 Å². The van der Waals surface area contributed by atoms with E-state index in [1.807, 2.05) is 31.2 Å². The van der Waals surface area contributed by atoms with Gasteiger partial charge in [-0.05, 0) is 55.8 Å². The molecule has 7 nitrogen and oxygen atoms in total. The van der Waals surface area contributed by atoms with Crippen LogP contribution in [-0.4, -0.2) is 25.9 Å². The van der Waals surface area contributed by atoms with Crippen molar-refractivity contribution in [3.8, 4) is 11.5 Å². The average molecular weight is 358 g/mol. The summed E-state index contributed by atoms with van der Waals surface area (Å²) in [4.78, 5) is 23.4. The highest BCUT2D eigenvalue weighted by molar-refractivity contribution is 5.89. The predicted molar refractivity (Wildman–Crippen MR) is 97.7 cm³/mol. The van der Waals surface area contributed by atoms with Gasteiger partial charge in [0.1, 0.15) is 11.5 Å². The second kappa shape index (κ2) is 9.31. The summed E-state index contributed by atoms with van der Waals surface area (Å²) in [6, 6.07) is 13.4. The van der Waals surface area contributed by atoms with E-state index >= 15 is 0 Å². The van der Waals surface area contributed by atoms with Gasteiger partial charge in [-0.1, -0.05) is 12.1 Å². The zero-order valence-electron chi connectivity index (χ0n) is 14.9. The topological polar surface area (TPSA) is 85.9 Å². The molecule has 2 amide bonds. The molecule has 0 spiro atoms. The molecule has 0 heterocycles. The Morgan fingerprint density at radius 1 is 1.00 bits per heavy atom. The van der Waals surface area contributed by atoms with Crippen molar-refractivity contribution >= 4 is 17.9 Å². The molecule has 26 heavy (non-hydrogen) atoms. The molecule has 0 fully saturated rings. The monoisotopic (exact) mass is 358 g/mol. The molecule has 0 radical (unpaired) electrons. The number of hydrogen-bond donors (Lipinski definition) is 2. The molecule has 2 aromatic carbocycles. The van der Waals surface area contributed by atoms with Gasteiger partial charge in [0.2, 0.25) is 0 Å². The highest BCUT2D eigenvalue weighted by Gasteiger charge is 2.10. The minimum Gasteiger partial charge on any atom is -0.497 e. The molecule has 0 aliphatic rings. The molecule has 138 valence electrons. The van der Waals surface area contributed by atoms with E-state index in [1.54, 1.807) is 38.3 Å². The van der Waals surface area contributed by atoms with Gasteiger partial charge in [-0.25, -0.2) is 9.59 Å². The number of rotatable bonds is 6. The third-order valence-electron chi connectivity index (χ3n) is 3.54. The first-order chi connectivity index (χ1) is 12.5. The van der Waals surface area contributed by atoms with Crippen molar-refractivity contribution in [1.29, 1.82) is 0 Å². The van der Waals surface area contributed by atoms with Crippen molar-refractivity contribution in [2.75, 3.05) is 19.0 Å². The van der Waals surface area contributed by atoms with E-state index in [0.717, 1.165) is 11.3 Å². The molecule has 7 heteroatoms. The highest BCUT2D eigenvalue weighted by Crippen LogP contribution is 2.18. The first-order valence-corrected chi connectivity index (χ1v) is 8.18. The average Bonchev–Trinajstić information content (AvgIpc) is 2.63. The molecule has 1 atom stereocenters. The molecule has 2 aromatic rings. The highest BCUT2D eigenvalue weighted by atomic mass is 16.7. The number of ether oxygens (including phenoxy) is 3. The van der Waals surface area contributed by atoms with Gasteiger partial charge >= 0.3 is 12.2 Å². The van der Waals surface area contributed by atoms with E-state index in [4.69, 9.17) is 14.2 Å². The molecular weight excluding hydrogens is 336 g/mol. The fourth-order valence-corrected chi connectivity index (χ4v) is 2.19. The lowest BCUT2D eigenvalue weighted by molar-refractivity contribution is 0.104. The van der Waals surface area contributed by atoms with Gasteiger partial charge in [-0.3, -0.25) is 0 Å². The summed E-state index contributed by atoms with van der Waals surface area (Å²) < 4.78 is 14.8. The van der Waals surface area contributed by atoms with Crippen molar-refractivity contribution in [2.45, 2.75) is 19.9 Å². The minimum absolute atomic E-state index is 0.174. The van der Waals surface area contributed by atoms with Crippen molar-refractivity contribution < 1.29 is 23.8 Å². The number of benzene rings is 2. The van der Waals surface area contributed by atoms with Crippen LogP contribution < -0.4 is 20.1 Å². The maximum Gasteiger partial charge on any atom is 0.513 e. The van der Waals surface area contributed by atoms with E-state index < -0.39 is 6.16 Å². The maximum atomic E-state index is 12.1. The van der Waals surface area contributed by atoms with Crippen LogP contribution in [0.3, 0.4) is 0 Å². The van der Waals surface area contributed by atoms with Gasteiger partial charge in [0.15, 0.2) is 0 Å². The van der Waals surface area contributed by atoms with Gasteiger partial charge in [-0.2, -0.15) is 0 Å². The van der Waals surface area contributed by atoms with Crippen LogP contribution in [0.2, 0.25) is 0 Å². The third kappa shape index (κ3) is 5.70. The van der Waals surface area contributed by atoms with Crippen LogP contribution in [0.5, 0.6) is 11.5 Å². The van der Waals surface area contributed by atoms with Crippen LogP contribution in [0.1, 0.15) is 25.5 Å². The zero-order chi connectivity index (χ0) is 18.9. The number of amides is 2. The first-order valence-electron chi connectivity index (χ1n) is 8.18. The number of nitrogens with one attached hydrogen (secondary N) is 2. The normalized spacial score (nSPS) is 11.2. The Morgan fingerprint density at radius 2 is 1.62 bits per heavy atom. The van der Waals surface area contributed by atoms with Crippen LogP contribution >= 0.6 is 0 Å². The molecular formula is C19H22N2O5. The minimum atomic E-state index is -0.765. The quantitative estimate of drug-likeness (QED) is 0.599. The zero-order valence-corrected chi connectivity index (χ0v) is 14.9. The lowest BCUT2D eigenvalue weighted by Gasteiger charge is -2.15. The van der Waals surface area contributed by atoms with Gasteiger partial charge < -0.3 is 24.8 Å². The Hall–Kier alpha value is -3.22. The van der Waals surface area contributed by atoms with E-state index in [-0.39, 0.29) is 18.7 Å². The van der Waals surface area contributed by atoms with Gasteiger partial charge in [-0.15, -0.1) is 0 Å². The first kappa shape index (κ1) is 19.1. The smallest absolute Gasteiger partial charge is 0.497 e. The number of anilines is 1. The van der Waals surface area contributed by atoms with Gasteiger partial charge in [0.05, 0.1) is 19.8 Å². The number of carbonyl (C=O) groups excluding carboxylic acids is 2. The Kier molecular flexibility index (Phi) is 6.84. The van der Waals surface area contributed by atoms with E-state index in [0.29, 0.717) is 11.4 Å². The third-order valence-corrected chi connectivity index (χ3v) is 3.54. The summed E-state index contributed by atoms with van der Waals surface area (Å²) in [5.74, 6) is 1.09. The number of methoxy groups -OCH3 is 1. The molecule has 2 rings (SSSR count). The Morgan fingerprint density at radius 3 is 2.19 bits per heavy atom. The summed E-state index contributed by atoms with van der Waals surface area (Å²) >= 11 is 0. The lowest BCUT2D eigenvalue weighted by Crippen LogP contribution is -2.31. The second-order valence-electron chi connectivity index (χ2n) is 5.40. The number of carbonyl (C=O) groups is 2. The standard InChI is InChI=1S/C19H22N2O5/c1-4-25-19(23)26-17-11-7-15(8-12-17)21-18(22)20-13(2)14-5-9-16(24-3)10-6-14/h5-13H,4H2,1-3H3,(H2,20,21,22). The van der Waals surface area contributed by atoms with Crippen molar-refractivity contribution in [1.82, 2.24) is 5.32 Å². The predicted octanol–water partition coefficient (Wildman–Crippen LogP) is 4.11. The van der Waals surface area contributed by atoms with Crippen molar-refractivity contribution in [2.24, 2.45) is 0 Å². The SMILES string of the molecule is CCOC(=O)Oc1ccc(NC(=O)NC(C)c2ccc(OC)cc2)cc1. The molecule has 0 aromatic heterocycles. The van der Waals surface area contributed by atoms with Crippen LogP contribution in [0.4, 0.5) is 15.3 Å². The molecule has 0 saturated heterocycles. The molecule has 0 saturated carbocycles. The van der Waals surface area contributed by atoms with E-state index in [2.05, 4.69) is 10.6 Å². The molecule has 2 N–H and O–H groups in total. The summed E-state index contributed by atoms with van der Waals surface area (Å²) in [5.41, 5.74) is 1.53. The summed E-state index contributed by atoms with van der Waals surface area (Å²) in [5, 5.41) is 5.57. The van der Waals surface area contributed by atoms with Crippen LogP contribution in [0, 0.1) is 0 Å². The fourth-order valence-electron chi connectivity index (χ4n) is 2.19. The maximum absolute atomic E-state index is 12.1. The summed E-state index contributed by atoms with van der Waals surface area (Å²) in [7, 11) is 1.60. The van der Waals surface area contributed by atoms with Crippen LogP contribution in [0.25, 0.3) is 0 Å². The Labute approximate surface area is 152 Å². The molecule has 0 aliphatic carbocycles. The van der Waals surface area contributed by atoms with E-state index in [1.165, 1.54) is 0 Å². The van der Waals surface area contributed by atoms with Crippen LogP contribution in [-0.2, 0) is 4.74 Å². The van der Waals surface area contributed by atoms with Gasteiger partial charge in [0.25, 0.3) is 0 Å². The number of hydrogen-bond acceptors (Lipinski definition) is 5. The molecule has 0 bridgehead atoms. The van der Waals surface area contributed by atoms with Crippen molar-refractivity contribution in [3.05, 3.63) is 54.1 Å². The Bertz CT molecular complexity index is 729. The van der Waals surface area contributed by atoms with Crippen molar-refractivity contribution in [3.63, 3.8) is 0 Å². The molecule has 0 aliphatic heterocycles. The van der Waals surface area contributed by atoms with Gasteiger partial charge in [0, 0.05) is 5.69 Å². The number of urea groups is 1. The molecule has 1 unspecified atom stereocenters. The summed E-state index contributed by atoms with van der Waals surface area (Å²) in [6.45, 7) is 3.82. The Balaban J connectivity index is 1.87. The second-order valence-corrected chi connectivity index (χ2v) is 5.40.